The molecule has 4 nitrogen and oxygen atoms in total. The number of piperazine rings is 1. The fourth-order valence-electron chi connectivity index (χ4n) is 1.08. The number of nitrogens with zero attached hydrogens (tertiary/aromatic N) is 1. The van der Waals surface area contributed by atoms with Crippen LogP contribution in [0.1, 0.15) is 0 Å². The van der Waals surface area contributed by atoms with Crippen molar-refractivity contribution in [3.8, 4) is 0 Å². The van der Waals surface area contributed by atoms with E-state index in [0.29, 0.717) is 13.1 Å². The van der Waals surface area contributed by atoms with Gasteiger partial charge in [0.15, 0.2) is 0 Å². The molecular formula is C6H12N2O2. The van der Waals surface area contributed by atoms with Crippen molar-refractivity contribution < 1.29 is 9.90 Å². The van der Waals surface area contributed by atoms with Gasteiger partial charge < -0.3 is 15.3 Å². The number of carbonyl (C=O) groups is 1. The molecule has 1 aliphatic heterocycles. The van der Waals surface area contributed by atoms with Gasteiger partial charge in [-0.2, -0.15) is 0 Å². The highest BCUT2D eigenvalue weighted by atomic mass is 16.3. The van der Waals surface area contributed by atoms with Gasteiger partial charge in [-0.25, -0.2) is 0 Å². The average Bonchev–Trinajstić information content (AvgIpc) is 2.04. The van der Waals surface area contributed by atoms with Gasteiger partial charge in [0, 0.05) is 19.6 Å². The third kappa shape index (κ3) is 1.46. The Morgan fingerprint density at radius 1 is 1.80 bits per heavy atom. The first-order valence-corrected chi connectivity index (χ1v) is 3.41. The van der Waals surface area contributed by atoms with Crippen molar-refractivity contribution in [2.24, 2.45) is 0 Å². The van der Waals surface area contributed by atoms with Gasteiger partial charge in [0.2, 0.25) is 6.41 Å². The fraction of sp³-hybridized carbons (Fsp3) is 0.833. The molecule has 0 unspecified atom stereocenters. The molecule has 10 heavy (non-hydrogen) atoms. The second-order valence-corrected chi connectivity index (χ2v) is 2.38. The number of hydrogen-bond donors (Lipinski definition) is 2. The Balaban J connectivity index is 2.41. The molecule has 2 N–H and O–H groups in total. The molecule has 0 aromatic carbocycles. The molecule has 4 heteroatoms. The van der Waals surface area contributed by atoms with Crippen molar-refractivity contribution in [2.45, 2.75) is 6.04 Å². The minimum atomic E-state index is -0.0220. The van der Waals surface area contributed by atoms with Crippen molar-refractivity contribution >= 4 is 6.41 Å². The van der Waals surface area contributed by atoms with E-state index >= 15 is 0 Å². The van der Waals surface area contributed by atoms with Crippen molar-refractivity contribution in [3.63, 3.8) is 0 Å². The van der Waals surface area contributed by atoms with Gasteiger partial charge in [-0.3, -0.25) is 4.79 Å². The highest BCUT2D eigenvalue weighted by Gasteiger charge is 2.18. The molecule has 0 saturated carbocycles. The molecule has 1 rings (SSSR count). The van der Waals surface area contributed by atoms with E-state index in [2.05, 4.69) is 5.32 Å². The van der Waals surface area contributed by atoms with E-state index in [0.717, 1.165) is 13.0 Å². The molecule has 1 atom stereocenters. The maximum absolute atomic E-state index is 10.3. The molecule has 58 valence electrons. The third-order valence-electron chi connectivity index (χ3n) is 1.74. The summed E-state index contributed by atoms with van der Waals surface area (Å²) in [4.78, 5) is 11.9. The monoisotopic (exact) mass is 144 g/mol. The lowest BCUT2D eigenvalue weighted by Crippen LogP contribution is -2.52. The molecule has 0 aromatic rings. The van der Waals surface area contributed by atoms with Gasteiger partial charge in [0.25, 0.3) is 0 Å². The molecule has 1 saturated heterocycles. The first-order chi connectivity index (χ1) is 4.88. The normalized spacial score (nSPS) is 26.5. The zero-order valence-electron chi connectivity index (χ0n) is 5.79. The van der Waals surface area contributed by atoms with Crippen LogP contribution in [-0.4, -0.2) is 48.7 Å². The zero-order valence-corrected chi connectivity index (χ0v) is 5.79. The van der Waals surface area contributed by atoms with E-state index in [4.69, 9.17) is 5.11 Å². The largest absolute Gasteiger partial charge is 0.394 e. The molecule has 0 aliphatic carbocycles. The minimum absolute atomic E-state index is 0.0220. The van der Waals surface area contributed by atoms with E-state index < -0.39 is 0 Å². The summed E-state index contributed by atoms with van der Waals surface area (Å²) < 4.78 is 0. The lowest BCUT2D eigenvalue weighted by molar-refractivity contribution is -0.121. The van der Waals surface area contributed by atoms with Gasteiger partial charge in [0.1, 0.15) is 0 Å². The third-order valence-corrected chi connectivity index (χ3v) is 1.74. The molecule has 1 amide bonds. The number of aliphatic hydroxyl groups excluding tert-OH is 1. The van der Waals surface area contributed by atoms with Crippen molar-refractivity contribution in [1.82, 2.24) is 10.2 Å². The van der Waals surface area contributed by atoms with Crippen molar-refractivity contribution in [3.05, 3.63) is 0 Å². The van der Waals surface area contributed by atoms with Crippen LogP contribution < -0.4 is 5.32 Å². The number of hydrogen-bond acceptors (Lipinski definition) is 3. The predicted octanol–water partition coefficient (Wildman–Crippen LogP) is -1.59. The van der Waals surface area contributed by atoms with E-state index in [1.54, 1.807) is 4.90 Å². The SMILES string of the molecule is O=CN1CCNC[C@@H]1CO. The second-order valence-electron chi connectivity index (χ2n) is 2.38. The van der Waals surface area contributed by atoms with E-state index in [1.165, 1.54) is 0 Å². The topological polar surface area (TPSA) is 52.6 Å². The molecular weight excluding hydrogens is 132 g/mol. The highest BCUT2D eigenvalue weighted by Crippen LogP contribution is 1.97. The number of nitrogens with one attached hydrogen (secondary N) is 1. The van der Waals surface area contributed by atoms with Gasteiger partial charge in [-0.15, -0.1) is 0 Å². The van der Waals surface area contributed by atoms with Crippen LogP contribution in [0.4, 0.5) is 0 Å². The highest BCUT2D eigenvalue weighted by molar-refractivity contribution is 5.48. The first-order valence-electron chi connectivity index (χ1n) is 3.41. The maximum atomic E-state index is 10.3. The van der Waals surface area contributed by atoms with Crippen LogP contribution in [-0.2, 0) is 4.79 Å². The summed E-state index contributed by atoms with van der Waals surface area (Å²) in [5, 5.41) is 11.8. The van der Waals surface area contributed by atoms with Crippen molar-refractivity contribution in [1.29, 1.82) is 0 Å². The summed E-state index contributed by atoms with van der Waals surface area (Å²) in [5.74, 6) is 0. The Hall–Kier alpha value is -0.610. The van der Waals surface area contributed by atoms with Crippen LogP contribution in [0.15, 0.2) is 0 Å². The smallest absolute Gasteiger partial charge is 0.210 e. The number of aliphatic hydroxyl groups is 1. The summed E-state index contributed by atoms with van der Waals surface area (Å²) >= 11 is 0. The average molecular weight is 144 g/mol. The fourth-order valence-corrected chi connectivity index (χ4v) is 1.08. The van der Waals surface area contributed by atoms with Gasteiger partial charge in [-0.05, 0) is 0 Å². The van der Waals surface area contributed by atoms with Gasteiger partial charge >= 0.3 is 0 Å². The quantitative estimate of drug-likeness (QED) is 0.459. The second kappa shape index (κ2) is 3.53. The molecule has 1 heterocycles. The lowest BCUT2D eigenvalue weighted by Gasteiger charge is -2.31. The Labute approximate surface area is 59.8 Å². The number of rotatable bonds is 2. The van der Waals surface area contributed by atoms with Crippen LogP contribution >= 0.6 is 0 Å². The Morgan fingerprint density at radius 2 is 2.60 bits per heavy atom. The van der Waals surface area contributed by atoms with E-state index in [1.807, 2.05) is 0 Å². The van der Waals surface area contributed by atoms with E-state index in [-0.39, 0.29) is 12.6 Å². The lowest BCUT2D eigenvalue weighted by atomic mass is 10.2. The van der Waals surface area contributed by atoms with Crippen LogP contribution in [0.25, 0.3) is 0 Å². The molecule has 0 aromatic heterocycles. The molecule has 0 radical (unpaired) electrons. The Bertz CT molecular complexity index is 118. The Morgan fingerprint density at radius 3 is 3.10 bits per heavy atom. The van der Waals surface area contributed by atoms with E-state index in [9.17, 15) is 4.79 Å². The summed E-state index contributed by atoms with van der Waals surface area (Å²) in [7, 11) is 0. The minimum Gasteiger partial charge on any atom is -0.394 e. The summed E-state index contributed by atoms with van der Waals surface area (Å²) in [6.45, 7) is 2.28. The molecule has 0 spiro atoms. The van der Waals surface area contributed by atoms with Crippen LogP contribution in [0.5, 0.6) is 0 Å². The molecule has 0 bridgehead atoms. The standard InChI is InChI=1S/C6H12N2O2/c9-4-6-3-7-1-2-8(6)5-10/h5-7,9H,1-4H2/t6-/m1/s1. The number of carbonyl (C=O) groups excluding carboxylic acids is 1. The van der Waals surface area contributed by atoms with Crippen LogP contribution in [0, 0.1) is 0 Å². The van der Waals surface area contributed by atoms with Crippen molar-refractivity contribution in [2.75, 3.05) is 26.2 Å². The maximum Gasteiger partial charge on any atom is 0.210 e. The number of amides is 1. The summed E-state index contributed by atoms with van der Waals surface area (Å²) in [5.41, 5.74) is 0. The molecule has 1 aliphatic rings. The van der Waals surface area contributed by atoms with Crippen LogP contribution in [0.2, 0.25) is 0 Å². The van der Waals surface area contributed by atoms with Crippen LogP contribution in [0.3, 0.4) is 0 Å². The summed E-state index contributed by atoms with van der Waals surface area (Å²) in [6, 6.07) is -0.0220. The van der Waals surface area contributed by atoms with Gasteiger partial charge in [-0.1, -0.05) is 0 Å². The predicted molar refractivity (Wildman–Crippen MR) is 36.5 cm³/mol. The Kier molecular flexibility index (Phi) is 2.65. The first kappa shape index (κ1) is 7.50. The summed E-state index contributed by atoms with van der Waals surface area (Å²) in [6.07, 6.45) is 0.793. The zero-order chi connectivity index (χ0) is 7.40. The molecule has 1 fully saturated rings. The van der Waals surface area contributed by atoms with Gasteiger partial charge in [0.05, 0.1) is 12.6 Å².